The van der Waals surface area contributed by atoms with Crippen LogP contribution in [0.15, 0.2) is 24.3 Å². The Morgan fingerprint density at radius 1 is 0.857 bits per heavy atom. The van der Waals surface area contributed by atoms with Crippen molar-refractivity contribution in [3.8, 4) is 5.75 Å². The van der Waals surface area contributed by atoms with Crippen LogP contribution in [-0.2, 0) is 9.53 Å². The Hall–Kier alpha value is -2.32. The molecule has 0 aromatic heterocycles. The first-order valence-corrected chi connectivity index (χ1v) is 6.63. The minimum atomic E-state index is -7.26. The summed E-state index contributed by atoms with van der Waals surface area (Å²) < 4.78 is 147. The summed E-state index contributed by atoms with van der Waals surface area (Å²) in [6, 6.07) is 4.07. The number of nitrogens with one attached hydrogen (secondary N) is 1. The van der Waals surface area contributed by atoms with Crippen LogP contribution in [0.5, 0.6) is 5.75 Å². The van der Waals surface area contributed by atoms with E-state index in [0.29, 0.717) is 0 Å². The molecule has 0 aliphatic carbocycles. The molecule has 0 aliphatic rings. The zero-order valence-electron chi connectivity index (χ0n) is 13.2. The highest BCUT2D eigenvalue weighted by Gasteiger charge is 2.79. The second kappa shape index (κ2) is 7.25. The molecule has 1 amide bonds. The number of carbonyl (C=O) groups excluding carboxylic acids is 1. The highest BCUT2D eigenvalue weighted by atomic mass is 19.4. The third-order valence-electron chi connectivity index (χ3n) is 3.00. The molecule has 0 fully saturated rings. The molecule has 1 aromatic rings. The van der Waals surface area contributed by atoms with Crippen LogP contribution in [0.1, 0.15) is 0 Å². The lowest BCUT2D eigenvalue weighted by Crippen LogP contribution is -2.62. The Labute approximate surface area is 148 Å². The first-order valence-electron chi connectivity index (χ1n) is 6.63. The summed E-state index contributed by atoms with van der Waals surface area (Å²) in [6.45, 7) is 0. The smallest absolute Gasteiger partial charge is 0.462 e. The van der Waals surface area contributed by atoms with E-state index in [9.17, 15) is 53.1 Å². The predicted octanol–water partition coefficient (Wildman–Crippen LogP) is 4.67. The molecule has 0 saturated carbocycles. The monoisotopic (exact) mass is 435 g/mol. The summed E-state index contributed by atoms with van der Waals surface area (Å²) >= 11 is 0. The minimum absolute atomic E-state index is 0.423. The second-order valence-electron chi connectivity index (χ2n) is 4.94. The van der Waals surface area contributed by atoms with Crippen molar-refractivity contribution >= 4 is 11.6 Å². The number of hydrogen-bond acceptors (Lipinski definition) is 3. The topological polar surface area (TPSA) is 47.6 Å². The molecule has 0 aliphatic heterocycles. The number of rotatable bonds is 6. The summed E-state index contributed by atoms with van der Waals surface area (Å²) in [5, 5.41) is 1.08. The van der Waals surface area contributed by atoms with Gasteiger partial charge in [0.05, 0.1) is 12.8 Å². The fourth-order valence-electron chi connectivity index (χ4n) is 1.59. The van der Waals surface area contributed by atoms with Gasteiger partial charge in [0.2, 0.25) is 0 Å². The van der Waals surface area contributed by atoms with Crippen molar-refractivity contribution in [3.05, 3.63) is 24.3 Å². The molecule has 0 bridgehead atoms. The Bertz CT molecular complexity index is 716. The van der Waals surface area contributed by atoms with Gasteiger partial charge in [0.15, 0.2) is 0 Å². The molecule has 28 heavy (non-hydrogen) atoms. The number of methoxy groups -OCH3 is 1. The molecule has 1 N–H and O–H groups in total. The second-order valence-corrected chi connectivity index (χ2v) is 4.94. The van der Waals surface area contributed by atoms with E-state index in [4.69, 9.17) is 0 Å². The van der Waals surface area contributed by atoms with Gasteiger partial charge < -0.3 is 10.1 Å². The molecule has 160 valence electrons. The lowest BCUT2D eigenvalue weighted by Gasteiger charge is -2.34. The number of carbonyl (C=O) groups is 1. The van der Waals surface area contributed by atoms with E-state index in [0.717, 1.165) is 30.6 Å². The van der Waals surface area contributed by atoms with E-state index in [1.54, 1.807) is 0 Å². The number of para-hydroxylation sites is 2. The average Bonchev–Trinajstić information content (AvgIpc) is 2.52. The summed E-state index contributed by atoms with van der Waals surface area (Å²) in [5.41, 5.74) is -0.754. The molecule has 1 atom stereocenters. The third-order valence-corrected chi connectivity index (χ3v) is 3.00. The fourth-order valence-corrected chi connectivity index (χ4v) is 1.59. The van der Waals surface area contributed by atoms with E-state index >= 15 is 0 Å². The lowest BCUT2D eigenvalue weighted by molar-refractivity contribution is -0.472. The minimum Gasteiger partial charge on any atom is -0.495 e. The highest BCUT2D eigenvalue weighted by molar-refractivity contribution is 5.98. The Morgan fingerprint density at radius 2 is 1.36 bits per heavy atom. The molecule has 0 saturated heterocycles. The van der Waals surface area contributed by atoms with Crippen molar-refractivity contribution in [2.24, 2.45) is 0 Å². The maximum atomic E-state index is 14.0. The first-order chi connectivity index (χ1) is 12.4. The standard InChI is InChI=1S/C13H8F11NO3/c1-27-7-5-3-2-4-6(7)25-8(26)9(14,11(17,18)19)28-13(23,24)10(15,16)12(20,21)22/h2-5H,1H3,(H,25,26)/t9-/m1/s1. The Balaban J connectivity index is 3.35. The summed E-state index contributed by atoms with van der Waals surface area (Å²) in [7, 11) is 0.936. The normalized spacial score (nSPS) is 15.7. The largest absolute Gasteiger partial charge is 0.495 e. The van der Waals surface area contributed by atoms with Crippen LogP contribution in [0, 0.1) is 0 Å². The Morgan fingerprint density at radius 3 is 1.79 bits per heavy atom. The number of ether oxygens (including phenoxy) is 2. The van der Waals surface area contributed by atoms with Crippen molar-refractivity contribution in [1.82, 2.24) is 0 Å². The maximum absolute atomic E-state index is 14.0. The molecule has 4 nitrogen and oxygen atoms in total. The van der Waals surface area contributed by atoms with Gasteiger partial charge >= 0.3 is 30.2 Å². The van der Waals surface area contributed by atoms with E-state index in [-0.39, 0.29) is 0 Å². The fraction of sp³-hybridized carbons (Fsp3) is 0.462. The number of alkyl halides is 11. The van der Waals surface area contributed by atoms with Crippen LogP contribution in [0.4, 0.5) is 54.0 Å². The van der Waals surface area contributed by atoms with Gasteiger partial charge in [0.1, 0.15) is 5.75 Å². The van der Waals surface area contributed by atoms with E-state index < -0.39 is 47.6 Å². The van der Waals surface area contributed by atoms with Crippen molar-refractivity contribution in [2.75, 3.05) is 12.4 Å². The van der Waals surface area contributed by atoms with E-state index in [1.807, 2.05) is 0 Å². The van der Waals surface area contributed by atoms with Crippen LogP contribution < -0.4 is 10.1 Å². The molecular weight excluding hydrogens is 427 g/mol. The molecule has 15 heteroatoms. The third kappa shape index (κ3) is 4.23. The van der Waals surface area contributed by atoms with Gasteiger partial charge in [-0.3, -0.25) is 9.53 Å². The number of halogens is 11. The van der Waals surface area contributed by atoms with Gasteiger partial charge in [0.25, 0.3) is 5.91 Å². The lowest BCUT2D eigenvalue weighted by atomic mass is 10.2. The molecule has 0 heterocycles. The summed E-state index contributed by atoms with van der Waals surface area (Å²) in [4.78, 5) is 11.6. The van der Waals surface area contributed by atoms with Crippen LogP contribution in [0.2, 0.25) is 0 Å². The molecule has 0 unspecified atom stereocenters. The highest BCUT2D eigenvalue weighted by Crippen LogP contribution is 2.51. The van der Waals surface area contributed by atoms with E-state index in [1.165, 1.54) is 6.07 Å². The van der Waals surface area contributed by atoms with Crippen LogP contribution in [-0.4, -0.2) is 43.3 Å². The zero-order valence-corrected chi connectivity index (χ0v) is 13.2. The van der Waals surface area contributed by atoms with Gasteiger partial charge in [-0.1, -0.05) is 12.1 Å². The maximum Gasteiger partial charge on any atom is 0.462 e. The summed E-state index contributed by atoms with van der Waals surface area (Å²) in [6.07, 6.45) is -21.0. The quantitative estimate of drug-likeness (QED) is 0.661. The van der Waals surface area contributed by atoms with E-state index in [2.05, 4.69) is 9.47 Å². The van der Waals surface area contributed by atoms with Crippen molar-refractivity contribution in [2.45, 2.75) is 30.2 Å². The van der Waals surface area contributed by atoms with Gasteiger partial charge in [0, 0.05) is 0 Å². The summed E-state index contributed by atoms with van der Waals surface area (Å²) in [5.74, 6) is -17.1. The van der Waals surface area contributed by atoms with Gasteiger partial charge in [-0.25, -0.2) is 0 Å². The van der Waals surface area contributed by atoms with Crippen molar-refractivity contribution in [3.63, 3.8) is 0 Å². The zero-order chi connectivity index (χ0) is 22.2. The SMILES string of the molecule is COc1ccccc1NC(=O)[C@@](F)(OC(F)(F)C(F)(F)C(F)(F)F)C(F)(F)F. The number of hydrogen-bond donors (Lipinski definition) is 1. The van der Waals surface area contributed by atoms with Gasteiger partial charge in [-0.15, -0.1) is 0 Å². The number of benzene rings is 1. The molecule has 1 rings (SSSR count). The van der Waals surface area contributed by atoms with Crippen LogP contribution >= 0.6 is 0 Å². The molecule has 0 radical (unpaired) electrons. The number of amides is 1. The average molecular weight is 435 g/mol. The number of anilines is 1. The van der Waals surface area contributed by atoms with Crippen molar-refractivity contribution in [1.29, 1.82) is 0 Å². The van der Waals surface area contributed by atoms with Crippen molar-refractivity contribution < 1.29 is 62.6 Å². The first kappa shape index (κ1) is 23.7. The molecule has 0 spiro atoms. The molecular formula is C13H8F11NO3. The predicted molar refractivity (Wildman–Crippen MR) is 68.6 cm³/mol. The van der Waals surface area contributed by atoms with Gasteiger partial charge in [-0.2, -0.15) is 48.3 Å². The molecule has 1 aromatic carbocycles. The van der Waals surface area contributed by atoms with Crippen LogP contribution in [0.3, 0.4) is 0 Å². The Kier molecular flexibility index (Phi) is 6.14. The van der Waals surface area contributed by atoms with Crippen LogP contribution in [0.25, 0.3) is 0 Å². The van der Waals surface area contributed by atoms with Gasteiger partial charge in [-0.05, 0) is 12.1 Å².